The number of aromatic nitrogens is 3. The second-order valence-electron chi connectivity index (χ2n) is 2.75. The largest absolute Gasteiger partial charge is 0.411 e. The summed E-state index contributed by atoms with van der Waals surface area (Å²) >= 11 is 3.40. The molecule has 0 spiro atoms. The monoisotopic (exact) mass is 266 g/mol. The van der Waals surface area contributed by atoms with Crippen molar-refractivity contribution in [3.8, 4) is 5.69 Å². The smallest absolute Gasteiger partial charge is 0.127 e. The van der Waals surface area contributed by atoms with Gasteiger partial charge in [0.15, 0.2) is 0 Å². The predicted octanol–water partition coefficient (Wildman–Crippen LogP) is 1.84. The topological polar surface area (TPSA) is 63.3 Å². The Bertz CT molecular complexity index is 494. The van der Waals surface area contributed by atoms with Crippen molar-refractivity contribution in [1.29, 1.82) is 0 Å². The van der Waals surface area contributed by atoms with Gasteiger partial charge in [-0.15, -0.1) is 9.90 Å². The minimum absolute atomic E-state index is 0.494. The number of nitrogens with zero attached hydrogens (tertiary/aromatic N) is 4. The maximum atomic E-state index is 8.34. The third-order valence-electron chi connectivity index (χ3n) is 1.77. The number of hydrogen-bond acceptors (Lipinski definition) is 4. The molecule has 0 saturated heterocycles. The Morgan fingerprint density at radius 2 is 2.20 bits per heavy atom. The second-order valence-corrected chi connectivity index (χ2v) is 3.61. The lowest BCUT2D eigenvalue weighted by molar-refractivity contribution is 0.321. The molecule has 0 aliphatic rings. The van der Waals surface area contributed by atoms with Gasteiger partial charge in [-0.1, -0.05) is 17.3 Å². The fraction of sp³-hybridized carbons (Fsp3) is 0. The molecule has 0 bridgehead atoms. The molecule has 6 heteroatoms. The van der Waals surface area contributed by atoms with Crippen molar-refractivity contribution in [3.05, 3.63) is 40.6 Å². The number of hydrogen-bond donors (Lipinski definition) is 1. The van der Waals surface area contributed by atoms with E-state index >= 15 is 0 Å². The molecule has 0 fully saturated rings. The first-order valence-corrected chi connectivity index (χ1v) is 4.95. The molecule has 0 aliphatic carbocycles. The van der Waals surface area contributed by atoms with Crippen LogP contribution in [-0.4, -0.2) is 26.4 Å². The summed E-state index contributed by atoms with van der Waals surface area (Å²) in [4.78, 5) is 1.46. The number of rotatable bonds is 2. The molecular formula is C9H7BrN4O. The van der Waals surface area contributed by atoms with Crippen molar-refractivity contribution in [3.63, 3.8) is 0 Å². The van der Waals surface area contributed by atoms with Crippen LogP contribution in [-0.2, 0) is 0 Å². The van der Waals surface area contributed by atoms with Crippen LogP contribution in [0.3, 0.4) is 0 Å². The zero-order valence-electron chi connectivity index (χ0n) is 7.58. The van der Waals surface area contributed by atoms with Crippen LogP contribution in [0.1, 0.15) is 5.69 Å². The fourth-order valence-electron chi connectivity index (χ4n) is 1.12. The molecule has 0 aliphatic heterocycles. The zero-order valence-corrected chi connectivity index (χ0v) is 9.16. The van der Waals surface area contributed by atoms with Gasteiger partial charge in [0.2, 0.25) is 0 Å². The van der Waals surface area contributed by atoms with Gasteiger partial charge in [0.25, 0.3) is 0 Å². The Kier molecular flexibility index (Phi) is 2.77. The van der Waals surface area contributed by atoms with Crippen molar-refractivity contribution < 1.29 is 5.21 Å². The fourth-order valence-corrected chi connectivity index (χ4v) is 1.57. The third-order valence-corrected chi connectivity index (χ3v) is 2.44. The first-order chi connectivity index (χ1) is 7.31. The molecule has 0 radical (unpaired) electrons. The summed E-state index contributed by atoms with van der Waals surface area (Å²) in [5, 5.41) is 19.4. The van der Waals surface area contributed by atoms with Gasteiger partial charge in [0.1, 0.15) is 5.69 Å². The molecule has 1 heterocycles. The van der Waals surface area contributed by atoms with Gasteiger partial charge in [-0.25, -0.2) is 0 Å². The van der Waals surface area contributed by atoms with Crippen LogP contribution in [0.4, 0.5) is 0 Å². The van der Waals surface area contributed by atoms with Crippen LogP contribution < -0.4 is 0 Å². The van der Waals surface area contributed by atoms with Crippen molar-refractivity contribution in [1.82, 2.24) is 15.0 Å². The summed E-state index contributed by atoms with van der Waals surface area (Å²) in [6, 6.07) is 7.58. The Hall–Kier alpha value is -1.69. The SMILES string of the molecule is O/N=C/c1cnn(-c2ccccc2Br)n1. The Balaban J connectivity index is 2.42. The lowest BCUT2D eigenvalue weighted by atomic mass is 10.3. The molecule has 2 aromatic rings. The van der Waals surface area contributed by atoms with Crippen LogP contribution >= 0.6 is 15.9 Å². The lowest BCUT2D eigenvalue weighted by Gasteiger charge is -2.00. The minimum Gasteiger partial charge on any atom is -0.411 e. The van der Waals surface area contributed by atoms with E-state index in [0.29, 0.717) is 5.69 Å². The summed E-state index contributed by atoms with van der Waals surface area (Å²) in [5.74, 6) is 0. The molecule has 15 heavy (non-hydrogen) atoms. The van der Waals surface area contributed by atoms with Gasteiger partial charge in [0.05, 0.1) is 18.1 Å². The molecule has 0 amide bonds. The summed E-state index contributed by atoms with van der Waals surface area (Å²) in [6.45, 7) is 0. The van der Waals surface area contributed by atoms with Gasteiger partial charge in [-0.05, 0) is 28.1 Å². The van der Waals surface area contributed by atoms with Gasteiger partial charge < -0.3 is 5.21 Å². The van der Waals surface area contributed by atoms with E-state index in [1.807, 2.05) is 24.3 Å². The normalized spacial score (nSPS) is 11.0. The van der Waals surface area contributed by atoms with Gasteiger partial charge >= 0.3 is 0 Å². The number of oxime groups is 1. The molecule has 2 rings (SSSR count). The van der Waals surface area contributed by atoms with Crippen LogP contribution in [0.2, 0.25) is 0 Å². The zero-order chi connectivity index (χ0) is 10.7. The first kappa shape index (κ1) is 9.85. The first-order valence-electron chi connectivity index (χ1n) is 4.16. The Labute approximate surface area is 94.2 Å². The molecule has 1 N–H and O–H groups in total. The quantitative estimate of drug-likeness (QED) is 0.513. The molecule has 5 nitrogen and oxygen atoms in total. The van der Waals surface area contributed by atoms with Crippen LogP contribution in [0.25, 0.3) is 5.69 Å². The highest BCUT2D eigenvalue weighted by Gasteiger charge is 2.04. The van der Waals surface area contributed by atoms with E-state index in [0.717, 1.165) is 10.2 Å². The van der Waals surface area contributed by atoms with Gasteiger partial charge in [0, 0.05) is 4.47 Å². The second kappa shape index (κ2) is 4.22. The van der Waals surface area contributed by atoms with Crippen molar-refractivity contribution in [2.75, 3.05) is 0 Å². The molecule has 0 saturated carbocycles. The minimum atomic E-state index is 0.494. The molecular weight excluding hydrogens is 260 g/mol. The Morgan fingerprint density at radius 1 is 1.40 bits per heavy atom. The summed E-state index contributed by atoms with van der Waals surface area (Å²) < 4.78 is 0.896. The van der Waals surface area contributed by atoms with E-state index in [-0.39, 0.29) is 0 Å². The van der Waals surface area contributed by atoms with Crippen molar-refractivity contribution in [2.24, 2.45) is 5.16 Å². The average Bonchev–Trinajstić information content (AvgIpc) is 2.68. The maximum Gasteiger partial charge on any atom is 0.127 e. The number of benzene rings is 1. The highest BCUT2D eigenvalue weighted by molar-refractivity contribution is 9.10. The molecule has 0 atom stereocenters. The standard InChI is InChI=1S/C9H7BrN4O/c10-8-3-1-2-4-9(8)14-11-5-7(13-14)6-12-15/h1-6,15H/b12-6+. The molecule has 1 aromatic carbocycles. The lowest BCUT2D eigenvalue weighted by Crippen LogP contribution is -1.99. The van der Waals surface area contributed by atoms with E-state index in [1.165, 1.54) is 17.2 Å². The average molecular weight is 267 g/mol. The third kappa shape index (κ3) is 2.04. The van der Waals surface area contributed by atoms with E-state index < -0.39 is 0 Å². The van der Waals surface area contributed by atoms with Crippen LogP contribution in [0.15, 0.2) is 40.1 Å². The van der Waals surface area contributed by atoms with Crippen molar-refractivity contribution in [2.45, 2.75) is 0 Å². The summed E-state index contributed by atoms with van der Waals surface area (Å²) in [5.41, 5.74) is 1.32. The highest BCUT2D eigenvalue weighted by Crippen LogP contribution is 2.18. The molecule has 76 valence electrons. The van der Waals surface area contributed by atoms with E-state index in [2.05, 4.69) is 31.3 Å². The van der Waals surface area contributed by atoms with E-state index in [1.54, 1.807) is 0 Å². The van der Waals surface area contributed by atoms with Crippen LogP contribution in [0.5, 0.6) is 0 Å². The summed E-state index contributed by atoms with van der Waals surface area (Å²) in [7, 11) is 0. The number of halogens is 1. The Morgan fingerprint density at radius 3 is 2.93 bits per heavy atom. The van der Waals surface area contributed by atoms with Crippen LogP contribution in [0, 0.1) is 0 Å². The predicted molar refractivity (Wildman–Crippen MR) is 58.4 cm³/mol. The molecule has 1 aromatic heterocycles. The molecule has 0 unspecified atom stereocenters. The van der Waals surface area contributed by atoms with E-state index in [4.69, 9.17) is 5.21 Å². The van der Waals surface area contributed by atoms with Gasteiger partial charge in [-0.2, -0.15) is 5.10 Å². The maximum absolute atomic E-state index is 8.34. The van der Waals surface area contributed by atoms with Crippen molar-refractivity contribution >= 4 is 22.1 Å². The number of para-hydroxylation sites is 1. The highest BCUT2D eigenvalue weighted by atomic mass is 79.9. The van der Waals surface area contributed by atoms with Gasteiger partial charge in [-0.3, -0.25) is 0 Å². The van der Waals surface area contributed by atoms with E-state index in [9.17, 15) is 0 Å². The summed E-state index contributed by atoms with van der Waals surface area (Å²) in [6.07, 6.45) is 2.74.